The Balaban J connectivity index is 2.95. The van der Waals surface area contributed by atoms with Crippen LogP contribution in [-0.2, 0) is 25.6 Å². The van der Waals surface area contributed by atoms with E-state index in [1.807, 2.05) is 0 Å². The molecule has 1 aromatic carbocycles. The molecule has 184 valence electrons. The van der Waals surface area contributed by atoms with Gasteiger partial charge in [-0.3, -0.25) is 14.4 Å². The van der Waals surface area contributed by atoms with E-state index in [2.05, 4.69) is 28.6 Å². The van der Waals surface area contributed by atoms with Crippen LogP contribution in [0.5, 0.6) is 5.75 Å². The minimum Gasteiger partial charge on any atom is -0.508 e. The molecule has 0 aromatic heterocycles. The fourth-order valence-corrected chi connectivity index (χ4v) is 3.01. The number of carboxylic acids is 1. The number of carbonyl (C=O) groups is 4. The lowest BCUT2D eigenvalue weighted by Gasteiger charge is -2.27. The molecule has 1 aromatic rings. The highest BCUT2D eigenvalue weighted by Gasteiger charge is 2.32. The summed E-state index contributed by atoms with van der Waals surface area (Å²) in [6.45, 7) is 2.76. The second-order valence-electron chi connectivity index (χ2n) is 7.67. The number of rotatable bonds is 13. The fraction of sp³-hybridized carbons (Fsp3) is 0.524. The molecule has 0 aliphatic carbocycles. The van der Waals surface area contributed by atoms with Crippen molar-refractivity contribution >= 4 is 36.3 Å². The summed E-state index contributed by atoms with van der Waals surface area (Å²) < 4.78 is 0. The molecule has 3 amide bonds. The van der Waals surface area contributed by atoms with Gasteiger partial charge >= 0.3 is 5.97 Å². The van der Waals surface area contributed by atoms with Gasteiger partial charge in [-0.05, 0) is 23.6 Å². The molecule has 0 saturated carbocycles. The molecule has 0 aliphatic heterocycles. The number of carbonyl (C=O) groups excluding carboxylic acids is 3. The van der Waals surface area contributed by atoms with E-state index in [1.54, 1.807) is 13.8 Å². The summed E-state index contributed by atoms with van der Waals surface area (Å²) >= 11 is 3.91. The quantitative estimate of drug-likeness (QED) is 0.160. The van der Waals surface area contributed by atoms with Gasteiger partial charge in [-0.15, -0.1) is 0 Å². The van der Waals surface area contributed by atoms with Gasteiger partial charge in [0, 0.05) is 12.2 Å². The summed E-state index contributed by atoms with van der Waals surface area (Å²) in [6, 6.07) is 1.14. The molecule has 5 atom stereocenters. The maximum atomic E-state index is 12.9. The highest BCUT2D eigenvalue weighted by Crippen LogP contribution is 2.13. The van der Waals surface area contributed by atoms with E-state index in [-0.39, 0.29) is 23.8 Å². The number of aliphatic hydroxyl groups is 1. The van der Waals surface area contributed by atoms with Crippen LogP contribution in [-0.4, -0.2) is 75.5 Å². The predicted molar refractivity (Wildman–Crippen MR) is 124 cm³/mol. The summed E-state index contributed by atoms with van der Waals surface area (Å²) in [7, 11) is 0. The molecule has 0 fully saturated rings. The maximum Gasteiger partial charge on any atom is 0.326 e. The first kappa shape index (κ1) is 28.2. The van der Waals surface area contributed by atoms with Crippen LogP contribution in [0.15, 0.2) is 24.3 Å². The van der Waals surface area contributed by atoms with Crippen molar-refractivity contribution in [2.45, 2.75) is 50.9 Å². The lowest BCUT2D eigenvalue weighted by Crippen LogP contribution is -2.59. The Kier molecular flexibility index (Phi) is 11.7. The summed E-state index contributed by atoms with van der Waals surface area (Å²) in [5.41, 5.74) is 6.14. The van der Waals surface area contributed by atoms with E-state index in [9.17, 15) is 34.5 Å². The van der Waals surface area contributed by atoms with Crippen LogP contribution < -0.4 is 21.7 Å². The molecule has 12 heteroatoms. The number of carboxylic acid groups (broad SMARTS) is 1. The monoisotopic (exact) mass is 484 g/mol. The van der Waals surface area contributed by atoms with Crippen molar-refractivity contribution in [1.29, 1.82) is 0 Å². The van der Waals surface area contributed by atoms with Gasteiger partial charge in [-0.25, -0.2) is 4.79 Å². The largest absolute Gasteiger partial charge is 0.508 e. The van der Waals surface area contributed by atoms with E-state index >= 15 is 0 Å². The Morgan fingerprint density at radius 2 is 1.58 bits per heavy atom. The van der Waals surface area contributed by atoms with Gasteiger partial charge in [-0.2, -0.15) is 12.6 Å². The minimum absolute atomic E-state index is 0.0232. The maximum absolute atomic E-state index is 12.9. The zero-order valence-electron chi connectivity index (χ0n) is 18.5. The molecule has 0 spiro atoms. The fourth-order valence-electron chi connectivity index (χ4n) is 2.84. The van der Waals surface area contributed by atoms with Gasteiger partial charge in [-0.1, -0.05) is 32.4 Å². The molecular formula is C21H32N4O7S. The third kappa shape index (κ3) is 8.91. The van der Waals surface area contributed by atoms with Gasteiger partial charge < -0.3 is 37.0 Å². The summed E-state index contributed by atoms with van der Waals surface area (Å²) in [5.74, 6) is -3.83. The van der Waals surface area contributed by atoms with Crippen molar-refractivity contribution in [3.8, 4) is 5.75 Å². The highest BCUT2D eigenvalue weighted by molar-refractivity contribution is 7.80. The van der Waals surface area contributed by atoms with Crippen LogP contribution in [0.25, 0.3) is 0 Å². The molecule has 11 nitrogen and oxygen atoms in total. The van der Waals surface area contributed by atoms with Crippen LogP contribution in [0.2, 0.25) is 0 Å². The van der Waals surface area contributed by atoms with Gasteiger partial charge in [0.1, 0.15) is 23.9 Å². The average molecular weight is 485 g/mol. The number of benzene rings is 1. The van der Waals surface area contributed by atoms with E-state index in [0.717, 1.165) is 0 Å². The highest BCUT2D eigenvalue weighted by atomic mass is 32.1. The van der Waals surface area contributed by atoms with Crippen LogP contribution in [0.4, 0.5) is 0 Å². The molecular weight excluding hydrogens is 452 g/mol. The number of aromatic hydroxyl groups is 1. The molecule has 0 radical (unpaired) electrons. The van der Waals surface area contributed by atoms with E-state index in [4.69, 9.17) is 5.73 Å². The minimum atomic E-state index is -1.35. The topological polar surface area (TPSA) is 191 Å². The molecule has 8 N–H and O–H groups in total. The standard InChI is InChI=1S/C21H32N4O7S/c1-3-11(2)17(25-19(29)16(9-26)24-18(28)14(22)10-33)20(30)23-15(21(31)32)8-12-4-6-13(27)7-5-12/h4-7,11,14-17,26-27,33H,3,8-10,22H2,1-2H3,(H,23,30)(H,24,28)(H,25,29)(H,31,32). The number of phenolic OH excluding ortho intramolecular Hbond substituents is 1. The lowest BCUT2D eigenvalue weighted by atomic mass is 9.97. The number of hydrogen-bond donors (Lipinski definition) is 8. The molecule has 5 unspecified atom stereocenters. The number of nitrogens with one attached hydrogen (secondary N) is 3. The van der Waals surface area contributed by atoms with Crippen LogP contribution in [0.1, 0.15) is 25.8 Å². The molecule has 33 heavy (non-hydrogen) atoms. The Morgan fingerprint density at radius 1 is 1.00 bits per heavy atom. The lowest BCUT2D eigenvalue weighted by molar-refractivity contribution is -0.142. The first-order chi connectivity index (χ1) is 15.5. The number of amides is 3. The SMILES string of the molecule is CCC(C)C(NC(=O)C(CO)NC(=O)C(N)CS)C(=O)NC(Cc1ccc(O)cc1)C(=O)O. The van der Waals surface area contributed by atoms with Gasteiger partial charge in [0.15, 0.2) is 0 Å². The predicted octanol–water partition coefficient (Wildman–Crippen LogP) is -1.23. The first-order valence-electron chi connectivity index (χ1n) is 10.4. The summed E-state index contributed by atoms with van der Waals surface area (Å²) in [4.78, 5) is 49.2. The van der Waals surface area contributed by atoms with E-state index < -0.39 is 54.5 Å². The van der Waals surface area contributed by atoms with E-state index in [0.29, 0.717) is 12.0 Å². The van der Waals surface area contributed by atoms with Crippen molar-refractivity contribution in [2.24, 2.45) is 11.7 Å². The van der Waals surface area contributed by atoms with Crippen molar-refractivity contribution in [3.63, 3.8) is 0 Å². The van der Waals surface area contributed by atoms with Crippen molar-refractivity contribution < 1.29 is 34.5 Å². The third-order valence-electron chi connectivity index (χ3n) is 5.13. The smallest absolute Gasteiger partial charge is 0.326 e. The number of phenols is 1. The van der Waals surface area contributed by atoms with Crippen LogP contribution >= 0.6 is 12.6 Å². The molecule has 0 bridgehead atoms. The second kappa shape index (κ2) is 13.7. The number of aliphatic hydroxyl groups excluding tert-OH is 1. The zero-order chi connectivity index (χ0) is 25.1. The number of hydrogen-bond acceptors (Lipinski definition) is 8. The Hall–Kier alpha value is -2.83. The molecule has 0 heterocycles. The van der Waals surface area contributed by atoms with Crippen LogP contribution in [0.3, 0.4) is 0 Å². The number of nitrogens with two attached hydrogens (primary N) is 1. The van der Waals surface area contributed by atoms with E-state index in [1.165, 1.54) is 24.3 Å². The third-order valence-corrected chi connectivity index (χ3v) is 5.53. The van der Waals surface area contributed by atoms with Crippen molar-refractivity contribution in [2.75, 3.05) is 12.4 Å². The Morgan fingerprint density at radius 3 is 2.06 bits per heavy atom. The Labute approximate surface area is 197 Å². The summed E-state index contributed by atoms with van der Waals surface area (Å²) in [6.07, 6.45) is 0.439. The second-order valence-corrected chi connectivity index (χ2v) is 8.04. The van der Waals surface area contributed by atoms with Gasteiger partial charge in [0.05, 0.1) is 12.6 Å². The average Bonchev–Trinajstić information content (AvgIpc) is 2.80. The van der Waals surface area contributed by atoms with Gasteiger partial charge in [0.2, 0.25) is 17.7 Å². The Bertz CT molecular complexity index is 821. The molecule has 0 saturated heterocycles. The van der Waals surface area contributed by atoms with Crippen molar-refractivity contribution in [1.82, 2.24) is 16.0 Å². The normalized spacial score (nSPS) is 15.4. The molecule has 1 rings (SSSR count). The van der Waals surface area contributed by atoms with Crippen molar-refractivity contribution in [3.05, 3.63) is 29.8 Å². The summed E-state index contributed by atoms with van der Waals surface area (Å²) in [5, 5.41) is 35.6. The first-order valence-corrected chi connectivity index (χ1v) is 11.1. The number of aliphatic carboxylic acids is 1. The van der Waals surface area contributed by atoms with Crippen LogP contribution in [0, 0.1) is 5.92 Å². The number of thiol groups is 1. The van der Waals surface area contributed by atoms with Gasteiger partial charge in [0.25, 0.3) is 0 Å². The molecule has 0 aliphatic rings. The zero-order valence-corrected chi connectivity index (χ0v) is 19.4.